The number of carbonyl (C=O) groups excluding carboxylic acids is 1. The van der Waals surface area contributed by atoms with Crippen molar-refractivity contribution in [2.75, 3.05) is 6.54 Å². The van der Waals surface area contributed by atoms with Crippen LogP contribution in [0.1, 0.15) is 11.1 Å². The first-order valence-corrected chi connectivity index (χ1v) is 6.66. The summed E-state index contributed by atoms with van der Waals surface area (Å²) in [6.45, 7) is 0.502. The Hall–Kier alpha value is -2.75. The third kappa shape index (κ3) is 5.03. The molecule has 4 heteroatoms. The highest BCUT2D eigenvalue weighted by atomic mass is 16.3. The van der Waals surface area contributed by atoms with E-state index in [4.69, 9.17) is 5.11 Å². The van der Waals surface area contributed by atoms with Crippen LogP contribution in [0.4, 0.5) is 0 Å². The average molecular weight is 283 g/mol. The van der Waals surface area contributed by atoms with E-state index in [1.807, 2.05) is 6.07 Å². The van der Waals surface area contributed by atoms with Gasteiger partial charge in [0.2, 0.25) is 5.91 Å². The van der Waals surface area contributed by atoms with E-state index < -0.39 is 0 Å². The highest BCUT2D eigenvalue weighted by Gasteiger charge is 1.98. The van der Waals surface area contributed by atoms with Crippen molar-refractivity contribution in [3.05, 3.63) is 65.7 Å². The predicted octanol–water partition coefficient (Wildman–Crippen LogP) is 2.47. The molecule has 0 saturated carbocycles. The van der Waals surface area contributed by atoms with E-state index in [-0.39, 0.29) is 17.4 Å². The number of amides is 1. The fraction of sp³-hybridized carbons (Fsp3) is 0.118. The van der Waals surface area contributed by atoms with Crippen LogP contribution in [-0.2, 0) is 11.2 Å². The van der Waals surface area contributed by atoms with Gasteiger partial charge in [0.15, 0.2) is 0 Å². The van der Waals surface area contributed by atoms with E-state index in [2.05, 4.69) is 5.32 Å². The number of aromatic hydroxyl groups is 2. The van der Waals surface area contributed by atoms with Crippen molar-refractivity contribution in [1.82, 2.24) is 5.32 Å². The number of nitrogens with one attached hydrogen (secondary N) is 1. The van der Waals surface area contributed by atoms with Gasteiger partial charge >= 0.3 is 0 Å². The normalized spacial score (nSPS) is 10.7. The van der Waals surface area contributed by atoms with Crippen molar-refractivity contribution in [2.45, 2.75) is 6.42 Å². The van der Waals surface area contributed by atoms with Gasteiger partial charge in [-0.3, -0.25) is 4.79 Å². The molecule has 0 atom stereocenters. The van der Waals surface area contributed by atoms with Crippen LogP contribution in [0.15, 0.2) is 54.6 Å². The minimum Gasteiger partial charge on any atom is -0.508 e. The minimum atomic E-state index is -0.178. The molecule has 21 heavy (non-hydrogen) atoms. The molecule has 0 heterocycles. The molecule has 0 aliphatic rings. The van der Waals surface area contributed by atoms with Gasteiger partial charge in [0, 0.05) is 12.6 Å². The number of hydrogen-bond donors (Lipinski definition) is 3. The summed E-state index contributed by atoms with van der Waals surface area (Å²) in [6.07, 6.45) is 3.80. The van der Waals surface area contributed by atoms with Gasteiger partial charge in [0.05, 0.1) is 0 Å². The largest absolute Gasteiger partial charge is 0.508 e. The van der Waals surface area contributed by atoms with Gasteiger partial charge in [-0.15, -0.1) is 0 Å². The van der Waals surface area contributed by atoms with Crippen molar-refractivity contribution in [3.8, 4) is 11.5 Å². The molecule has 0 radical (unpaired) electrons. The summed E-state index contributed by atoms with van der Waals surface area (Å²) in [6, 6.07) is 13.6. The molecule has 2 rings (SSSR count). The maximum Gasteiger partial charge on any atom is 0.244 e. The third-order valence-electron chi connectivity index (χ3n) is 2.94. The highest BCUT2D eigenvalue weighted by Crippen LogP contribution is 2.11. The quantitative estimate of drug-likeness (QED) is 0.738. The summed E-state index contributed by atoms with van der Waals surface area (Å²) < 4.78 is 0. The highest BCUT2D eigenvalue weighted by molar-refractivity contribution is 5.91. The fourth-order valence-corrected chi connectivity index (χ4v) is 1.86. The molecular weight excluding hydrogens is 266 g/mol. The van der Waals surface area contributed by atoms with E-state index in [0.29, 0.717) is 13.0 Å². The van der Waals surface area contributed by atoms with Crippen molar-refractivity contribution >= 4 is 12.0 Å². The second kappa shape index (κ2) is 7.14. The standard InChI is InChI=1S/C17H17NO3/c19-15-7-4-13(5-8-15)6-9-17(21)18-11-10-14-2-1-3-16(20)12-14/h1-9,12,19-20H,10-11H2,(H,18,21)/b9-6+. The van der Waals surface area contributed by atoms with E-state index >= 15 is 0 Å². The lowest BCUT2D eigenvalue weighted by Crippen LogP contribution is -2.23. The van der Waals surface area contributed by atoms with Gasteiger partial charge in [-0.05, 0) is 47.9 Å². The zero-order chi connectivity index (χ0) is 15.1. The minimum absolute atomic E-state index is 0.178. The molecular formula is C17H17NO3. The van der Waals surface area contributed by atoms with E-state index in [0.717, 1.165) is 11.1 Å². The van der Waals surface area contributed by atoms with Crippen LogP contribution in [0.2, 0.25) is 0 Å². The Bertz CT molecular complexity index is 633. The maximum absolute atomic E-state index is 11.6. The van der Waals surface area contributed by atoms with Crippen LogP contribution in [0.25, 0.3) is 6.08 Å². The Labute approximate surface area is 123 Å². The topological polar surface area (TPSA) is 69.6 Å². The monoisotopic (exact) mass is 283 g/mol. The Morgan fingerprint density at radius 2 is 1.81 bits per heavy atom. The molecule has 3 N–H and O–H groups in total. The summed E-state index contributed by atoms with van der Waals surface area (Å²) in [5, 5.41) is 21.3. The van der Waals surface area contributed by atoms with Gasteiger partial charge in [-0.25, -0.2) is 0 Å². The number of benzene rings is 2. The first kappa shape index (κ1) is 14.7. The molecule has 1 amide bonds. The summed E-state index contributed by atoms with van der Waals surface area (Å²) in [4.78, 5) is 11.6. The molecule has 0 saturated heterocycles. The van der Waals surface area contributed by atoms with Crippen LogP contribution in [0.3, 0.4) is 0 Å². The van der Waals surface area contributed by atoms with Crippen LogP contribution in [-0.4, -0.2) is 22.7 Å². The molecule has 2 aromatic rings. The van der Waals surface area contributed by atoms with Crippen LogP contribution >= 0.6 is 0 Å². The molecule has 0 aliphatic carbocycles. The summed E-state index contributed by atoms with van der Waals surface area (Å²) in [7, 11) is 0. The average Bonchev–Trinajstić information content (AvgIpc) is 2.47. The number of phenolic OH excluding ortho intramolecular Hbond substituents is 2. The number of phenols is 2. The van der Waals surface area contributed by atoms with Gasteiger partial charge in [0.1, 0.15) is 11.5 Å². The summed E-state index contributed by atoms with van der Waals surface area (Å²) >= 11 is 0. The molecule has 108 valence electrons. The molecule has 4 nitrogen and oxygen atoms in total. The van der Waals surface area contributed by atoms with Crippen LogP contribution < -0.4 is 5.32 Å². The molecule has 0 fully saturated rings. The zero-order valence-corrected chi connectivity index (χ0v) is 11.5. The van der Waals surface area contributed by atoms with Crippen LogP contribution in [0.5, 0.6) is 11.5 Å². The molecule has 0 aliphatic heterocycles. The second-order valence-corrected chi connectivity index (χ2v) is 4.64. The van der Waals surface area contributed by atoms with Crippen molar-refractivity contribution in [2.24, 2.45) is 0 Å². The molecule has 2 aromatic carbocycles. The van der Waals surface area contributed by atoms with E-state index in [1.54, 1.807) is 48.5 Å². The Kier molecular flexibility index (Phi) is 4.99. The van der Waals surface area contributed by atoms with E-state index in [1.165, 1.54) is 6.08 Å². The SMILES string of the molecule is O=C(/C=C/c1ccc(O)cc1)NCCc1cccc(O)c1. The van der Waals surface area contributed by atoms with Crippen molar-refractivity contribution in [1.29, 1.82) is 0 Å². The van der Waals surface area contributed by atoms with Crippen molar-refractivity contribution < 1.29 is 15.0 Å². The first-order valence-electron chi connectivity index (χ1n) is 6.66. The summed E-state index contributed by atoms with van der Waals surface area (Å²) in [5.74, 6) is 0.247. The smallest absolute Gasteiger partial charge is 0.244 e. The lowest BCUT2D eigenvalue weighted by molar-refractivity contribution is -0.116. The summed E-state index contributed by atoms with van der Waals surface area (Å²) in [5.41, 5.74) is 1.81. The lowest BCUT2D eigenvalue weighted by atomic mass is 10.1. The third-order valence-corrected chi connectivity index (χ3v) is 2.94. The molecule has 0 aromatic heterocycles. The molecule has 0 spiro atoms. The predicted molar refractivity (Wildman–Crippen MR) is 82.0 cm³/mol. The maximum atomic E-state index is 11.6. The van der Waals surface area contributed by atoms with Gasteiger partial charge < -0.3 is 15.5 Å². The molecule has 0 unspecified atom stereocenters. The van der Waals surface area contributed by atoms with Gasteiger partial charge in [-0.1, -0.05) is 24.3 Å². The Balaban J connectivity index is 1.78. The van der Waals surface area contributed by atoms with Crippen LogP contribution in [0, 0.1) is 0 Å². The van der Waals surface area contributed by atoms with Gasteiger partial charge in [-0.2, -0.15) is 0 Å². The number of carbonyl (C=O) groups is 1. The number of rotatable bonds is 5. The lowest BCUT2D eigenvalue weighted by Gasteiger charge is -2.03. The second-order valence-electron chi connectivity index (χ2n) is 4.64. The van der Waals surface area contributed by atoms with E-state index in [9.17, 15) is 9.90 Å². The molecule has 0 bridgehead atoms. The Morgan fingerprint density at radius 1 is 1.05 bits per heavy atom. The zero-order valence-electron chi connectivity index (χ0n) is 11.5. The van der Waals surface area contributed by atoms with Crippen molar-refractivity contribution in [3.63, 3.8) is 0 Å². The first-order chi connectivity index (χ1) is 10.1. The number of hydrogen-bond acceptors (Lipinski definition) is 3. The van der Waals surface area contributed by atoms with Gasteiger partial charge in [0.25, 0.3) is 0 Å². The fourth-order valence-electron chi connectivity index (χ4n) is 1.86. The Morgan fingerprint density at radius 3 is 2.52 bits per heavy atom.